The van der Waals surface area contributed by atoms with Gasteiger partial charge in [0.1, 0.15) is 5.58 Å². The summed E-state index contributed by atoms with van der Waals surface area (Å²) in [6.07, 6.45) is 0.429. The highest BCUT2D eigenvalue weighted by atomic mass is 79.9. The van der Waals surface area contributed by atoms with Crippen LogP contribution in [0.3, 0.4) is 0 Å². The zero-order valence-corrected chi connectivity index (χ0v) is 12.6. The normalized spacial score (nSPS) is 11.4. The predicted octanol–water partition coefficient (Wildman–Crippen LogP) is 3.68. The van der Waals surface area contributed by atoms with Crippen molar-refractivity contribution in [3.05, 3.63) is 34.0 Å². The molecule has 0 spiro atoms. The van der Waals surface area contributed by atoms with E-state index in [0.29, 0.717) is 30.7 Å². The van der Waals surface area contributed by atoms with Gasteiger partial charge < -0.3 is 14.4 Å². The fraction of sp³-hybridized carbons (Fsp3) is 0.357. The third-order valence-corrected chi connectivity index (χ3v) is 3.54. The third kappa shape index (κ3) is 3.19. The molecule has 0 radical (unpaired) electrons. The lowest BCUT2D eigenvalue weighted by Crippen LogP contribution is -2.20. The number of aromatic carboxylic acids is 1. The molecular weight excluding hydrogens is 329 g/mol. The highest BCUT2D eigenvalue weighted by molar-refractivity contribution is 9.10. The van der Waals surface area contributed by atoms with Gasteiger partial charge in [-0.15, -0.1) is 0 Å². The van der Waals surface area contributed by atoms with Crippen molar-refractivity contribution >= 4 is 32.9 Å². The average Bonchev–Trinajstić information content (AvgIpc) is 2.75. The van der Waals surface area contributed by atoms with E-state index in [0.717, 1.165) is 9.86 Å². The molecule has 0 bridgehead atoms. The van der Waals surface area contributed by atoms with Gasteiger partial charge in [-0.1, -0.05) is 15.9 Å². The van der Waals surface area contributed by atoms with Gasteiger partial charge in [-0.3, -0.25) is 4.39 Å². The molecule has 0 unspecified atom stereocenters. The standard InChI is InChI=1S/C14H15BrFNO3/c1-17(6-2-5-16)8-11-10-7-9(15)3-4-12(10)20-13(11)14(18)19/h3-4,7H,2,5-6,8H2,1H3,(H,18,19). The number of carbonyl (C=O) groups is 1. The van der Waals surface area contributed by atoms with E-state index in [1.165, 1.54) is 0 Å². The van der Waals surface area contributed by atoms with Crippen molar-refractivity contribution in [3.8, 4) is 0 Å². The molecule has 2 rings (SSSR count). The molecule has 1 aromatic heterocycles. The highest BCUT2D eigenvalue weighted by Crippen LogP contribution is 2.29. The monoisotopic (exact) mass is 343 g/mol. The fourth-order valence-corrected chi connectivity index (χ4v) is 2.49. The van der Waals surface area contributed by atoms with Crippen molar-refractivity contribution in [2.45, 2.75) is 13.0 Å². The quantitative estimate of drug-likeness (QED) is 0.869. The lowest BCUT2D eigenvalue weighted by atomic mass is 10.1. The number of carboxylic acids is 1. The summed E-state index contributed by atoms with van der Waals surface area (Å²) in [7, 11) is 1.83. The van der Waals surface area contributed by atoms with Crippen LogP contribution in [0.25, 0.3) is 11.0 Å². The molecule has 0 amide bonds. The molecule has 0 atom stereocenters. The van der Waals surface area contributed by atoms with Crippen molar-refractivity contribution in [1.29, 1.82) is 0 Å². The number of halogens is 2. The summed E-state index contributed by atoms with van der Waals surface area (Å²) in [4.78, 5) is 13.2. The Bertz CT molecular complexity index is 626. The van der Waals surface area contributed by atoms with Crippen LogP contribution in [0, 0.1) is 0 Å². The molecule has 1 heterocycles. The number of furan rings is 1. The maximum Gasteiger partial charge on any atom is 0.372 e. The van der Waals surface area contributed by atoms with Gasteiger partial charge >= 0.3 is 5.97 Å². The summed E-state index contributed by atoms with van der Waals surface area (Å²) < 4.78 is 18.5. The molecule has 1 N–H and O–H groups in total. The van der Waals surface area contributed by atoms with E-state index in [2.05, 4.69) is 15.9 Å². The summed E-state index contributed by atoms with van der Waals surface area (Å²) in [5.41, 5.74) is 1.16. The van der Waals surface area contributed by atoms with Gasteiger partial charge in [0, 0.05) is 28.5 Å². The minimum absolute atomic E-state index is 0.0507. The van der Waals surface area contributed by atoms with Crippen LogP contribution in [-0.4, -0.2) is 36.2 Å². The summed E-state index contributed by atoms with van der Waals surface area (Å²) in [6.45, 7) is 0.592. The second-order valence-corrected chi connectivity index (χ2v) is 5.55. The first-order valence-electron chi connectivity index (χ1n) is 6.21. The number of benzene rings is 1. The van der Waals surface area contributed by atoms with Gasteiger partial charge in [-0.2, -0.15) is 0 Å². The molecule has 20 heavy (non-hydrogen) atoms. The van der Waals surface area contributed by atoms with Crippen molar-refractivity contribution in [1.82, 2.24) is 4.90 Å². The van der Waals surface area contributed by atoms with E-state index in [1.54, 1.807) is 12.1 Å². The van der Waals surface area contributed by atoms with E-state index in [1.807, 2.05) is 18.0 Å². The number of fused-ring (bicyclic) bond motifs is 1. The molecule has 2 aromatic rings. The minimum atomic E-state index is -1.09. The Balaban J connectivity index is 2.40. The van der Waals surface area contributed by atoms with Gasteiger partial charge in [0.15, 0.2) is 0 Å². The zero-order valence-electron chi connectivity index (χ0n) is 11.0. The van der Waals surface area contributed by atoms with E-state index < -0.39 is 5.97 Å². The summed E-state index contributed by atoms with van der Waals surface area (Å²) in [6, 6.07) is 5.37. The Morgan fingerprint density at radius 1 is 1.50 bits per heavy atom. The smallest absolute Gasteiger partial charge is 0.372 e. The van der Waals surface area contributed by atoms with Gasteiger partial charge in [-0.25, -0.2) is 4.79 Å². The first kappa shape index (κ1) is 15.0. The number of hydrogen-bond acceptors (Lipinski definition) is 3. The molecule has 0 aliphatic heterocycles. The van der Waals surface area contributed by atoms with Crippen LogP contribution in [-0.2, 0) is 6.54 Å². The Morgan fingerprint density at radius 2 is 2.25 bits per heavy atom. The van der Waals surface area contributed by atoms with Gasteiger partial charge in [-0.05, 0) is 31.7 Å². The Kier molecular flexibility index (Phi) is 4.77. The molecule has 1 aromatic carbocycles. The largest absolute Gasteiger partial charge is 0.475 e. The first-order chi connectivity index (χ1) is 9.52. The molecular formula is C14H15BrFNO3. The predicted molar refractivity (Wildman–Crippen MR) is 77.8 cm³/mol. The lowest BCUT2D eigenvalue weighted by molar-refractivity contribution is 0.0662. The van der Waals surface area contributed by atoms with Gasteiger partial charge in [0.25, 0.3) is 0 Å². The van der Waals surface area contributed by atoms with Crippen LogP contribution >= 0.6 is 15.9 Å². The van der Waals surface area contributed by atoms with Gasteiger partial charge in [0.2, 0.25) is 5.76 Å². The van der Waals surface area contributed by atoms with Gasteiger partial charge in [0.05, 0.1) is 6.67 Å². The maximum absolute atomic E-state index is 12.2. The molecule has 0 saturated carbocycles. The fourth-order valence-electron chi connectivity index (χ4n) is 2.13. The van der Waals surface area contributed by atoms with Crippen molar-refractivity contribution in [2.75, 3.05) is 20.3 Å². The van der Waals surface area contributed by atoms with Crippen molar-refractivity contribution in [2.24, 2.45) is 0 Å². The number of rotatable bonds is 6. The molecule has 108 valence electrons. The molecule has 0 saturated heterocycles. The second kappa shape index (κ2) is 6.37. The van der Waals surface area contributed by atoms with E-state index in [-0.39, 0.29) is 12.4 Å². The molecule has 0 aliphatic carbocycles. The maximum atomic E-state index is 12.2. The number of carboxylic acid groups (broad SMARTS) is 1. The van der Waals surface area contributed by atoms with Crippen LogP contribution in [0.5, 0.6) is 0 Å². The third-order valence-electron chi connectivity index (χ3n) is 3.05. The zero-order chi connectivity index (χ0) is 14.7. The summed E-state index contributed by atoms with van der Waals surface area (Å²) in [5, 5.41) is 10.0. The summed E-state index contributed by atoms with van der Waals surface area (Å²) >= 11 is 3.37. The molecule has 0 aliphatic rings. The Labute approximate surface area is 124 Å². The highest BCUT2D eigenvalue weighted by Gasteiger charge is 2.21. The van der Waals surface area contributed by atoms with Crippen LogP contribution < -0.4 is 0 Å². The second-order valence-electron chi connectivity index (χ2n) is 4.64. The van der Waals surface area contributed by atoms with E-state index >= 15 is 0 Å². The van der Waals surface area contributed by atoms with Crippen molar-refractivity contribution in [3.63, 3.8) is 0 Å². The average molecular weight is 344 g/mol. The van der Waals surface area contributed by atoms with Crippen LogP contribution in [0.4, 0.5) is 4.39 Å². The van der Waals surface area contributed by atoms with E-state index in [9.17, 15) is 14.3 Å². The lowest BCUT2D eigenvalue weighted by Gasteiger charge is -2.15. The molecule has 0 fully saturated rings. The van der Waals surface area contributed by atoms with Crippen LogP contribution in [0.1, 0.15) is 22.5 Å². The minimum Gasteiger partial charge on any atom is -0.475 e. The first-order valence-corrected chi connectivity index (χ1v) is 7.01. The Morgan fingerprint density at radius 3 is 2.90 bits per heavy atom. The summed E-state index contributed by atoms with van der Waals surface area (Å²) in [5.74, 6) is -1.14. The van der Waals surface area contributed by atoms with Crippen LogP contribution in [0.15, 0.2) is 27.1 Å². The van der Waals surface area contributed by atoms with E-state index in [4.69, 9.17) is 4.42 Å². The molecule has 4 nitrogen and oxygen atoms in total. The SMILES string of the molecule is CN(CCCF)Cc1c(C(=O)O)oc2ccc(Br)cc12. The van der Waals surface area contributed by atoms with Crippen molar-refractivity contribution < 1.29 is 18.7 Å². The number of hydrogen-bond donors (Lipinski definition) is 1. The topological polar surface area (TPSA) is 53.7 Å². The molecule has 6 heteroatoms. The Hall–Kier alpha value is -1.40. The van der Waals surface area contributed by atoms with Crippen LogP contribution in [0.2, 0.25) is 0 Å². The number of alkyl halides is 1. The number of nitrogens with zero attached hydrogens (tertiary/aromatic N) is 1.